The van der Waals surface area contributed by atoms with Gasteiger partial charge in [0, 0.05) is 17.1 Å². The number of piperidine rings is 1. The van der Waals surface area contributed by atoms with E-state index in [9.17, 15) is 23.8 Å². The fourth-order valence-electron chi connectivity index (χ4n) is 5.20. The Labute approximate surface area is 219 Å². The number of carbonyl (C=O) groups is 1. The van der Waals surface area contributed by atoms with Crippen LogP contribution in [0.3, 0.4) is 0 Å². The first-order valence-electron chi connectivity index (χ1n) is 12.4. The second-order valence-electron chi connectivity index (χ2n) is 9.70. The Hall–Kier alpha value is -2.81. The summed E-state index contributed by atoms with van der Waals surface area (Å²) in [6.45, 7) is 1.85. The molecule has 198 valence electrons. The third-order valence-electron chi connectivity index (χ3n) is 7.52. The minimum atomic E-state index is -0.958. The highest BCUT2D eigenvalue weighted by atomic mass is 35.5. The molecule has 1 saturated heterocycles. The molecule has 0 radical (unpaired) electrons. The van der Waals surface area contributed by atoms with Gasteiger partial charge in [-0.3, -0.25) is 9.78 Å². The number of benzene rings is 2. The summed E-state index contributed by atoms with van der Waals surface area (Å²) in [5.74, 6) is -1.90. The highest BCUT2D eigenvalue weighted by molar-refractivity contribution is 6.32. The van der Waals surface area contributed by atoms with Gasteiger partial charge in [-0.15, -0.1) is 0 Å². The van der Waals surface area contributed by atoms with E-state index >= 15 is 0 Å². The molecule has 1 fully saturated rings. The third-order valence-corrected chi connectivity index (χ3v) is 7.82. The number of aryl methyl sites for hydroxylation is 1. The standard InChI is InChI=1S/C28H31ClF2N2O4/c1-37-19-7-8-23-20(16-19)25(21(29)17-32-23)24(34)9-10-28(27(35)36)11-14-33(15-12-28)13-3-5-18-4-2-6-22(30)26(18)31/h2,4,6-8,16-17,24,34H,3,5,9-15H2,1H3,(H,35,36)/t24-/m1/s1. The number of nitrogens with zero attached hydrogens (tertiary/aromatic N) is 2. The molecule has 0 unspecified atom stereocenters. The van der Waals surface area contributed by atoms with E-state index < -0.39 is 29.1 Å². The summed E-state index contributed by atoms with van der Waals surface area (Å²) >= 11 is 6.41. The van der Waals surface area contributed by atoms with Gasteiger partial charge in [0.05, 0.1) is 29.2 Å². The second kappa shape index (κ2) is 11.7. The molecule has 1 aromatic heterocycles. The predicted molar refractivity (Wildman–Crippen MR) is 138 cm³/mol. The maximum atomic E-state index is 13.9. The van der Waals surface area contributed by atoms with Crippen LogP contribution in [0, 0.1) is 17.0 Å². The molecular weight excluding hydrogens is 502 g/mol. The van der Waals surface area contributed by atoms with E-state index in [1.54, 1.807) is 31.4 Å². The Kier molecular flexibility index (Phi) is 8.62. The van der Waals surface area contributed by atoms with Crippen LogP contribution in [0.15, 0.2) is 42.6 Å². The van der Waals surface area contributed by atoms with E-state index in [1.807, 2.05) is 0 Å². The lowest BCUT2D eigenvalue weighted by atomic mass is 9.74. The number of rotatable bonds is 10. The Bertz CT molecular complexity index is 1260. The molecule has 1 atom stereocenters. The fourth-order valence-corrected chi connectivity index (χ4v) is 5.48. The molecule has 0 spiro atoms. The van der Waals surface area contributed by atoms with Crippen molar-refractivity contribution in [3.8, 4) is 5.75 Å². The zero-order chi connectivity index (χ0) is 26.6. The van der Waals surface area contributed by atoms with Gasteiger partial charge in [0.2, 0.25) is 0 Å². The molecule has 9 heteroatoms. The second-order valence-corrected chi connectivity index (χ2v) is 10.1. The number of carboxylic acids is 1. The van der Waals surface area contributed by atoms with Gasteiger partial charge < -0.3 is 19.8 Å². The van der Waals surface area contributed by atoms with E-state index in [4.69, 9.17) is 16.3 Å². The molecule has 1 aliphatic rings. The van der Waals surface area contributed by atoms with Crippen molar-refractivity contribution in [1.29, 1.82) is 0 Å². The number of methoxy groups -OCH3 is 1. The van der Waals surface area contributed by atoms with Gasteiger partial charge in [-0.25, -0.2) is 8.78 Å². The quantitative estimate of drug-likeness (QED) is 0.344. The largest absolute Gasteiger partial charge is 0.497 e. The Morgan fingerprint density at radius 3 is 2.70 bits per heavy atom. The number of carboxylic acid groups (broad SMARTS) is 1. The minimum absolute atomic E-state index is 0.237. The Morgan fingerprint density at radius 2 is 2.00 bits per heavy atom. The molecule has 1 aliphatic heterocycles. The molecule has 0 aliphatic carbocycles. The van der Waals surface area contributed by atoms with Gasteiger partial charge in [0.1, 0.15) is 5.75 Å². The molecule has 0 bridgehead atoms. The first kappa shape index (κ1) is 27.2. The number of aromatic nitrogens is 1. The van der Waals surface area contributed by atoms with Crippen molar-refractivity contribution >= 4 is 28.5 Å². The van der Waals surface area contributed by atoms with Crippen LogP contribution in [0.1, 0.15) is 49.3 Å². The lowest BCUT2D eigenvalue weighted by Gasteiger charge is -2.39. The van der Waals surface area contributed by atoms with E-state index in [0.29, 0.717) is 84.5 Å². The highest BCUT2D eigenvalue weighted by Gasteiger charge is 2.41. The van der Waals surface area contributed by atoms with E-state index in [0.717, 1.165) is 6.07 Å². The summed E-state index contributed by atoms with van der Waals surface area (Å²) < 4.78 is 32.6. The van der Waals surface area contributed by atoms with Crippen LogP contribution in [0.4, 0.5) is 8.78 Å². The molecule has 37 heavy (non-hydrogen) atoms. The SMILES string of the molecule is COc1ccc2ncc(Cl)c([C@H](O)CCC3(C(=O)O)CCN(CCCc4cccc(F)c4F)CC3)c2c1. The number of hydrogen-bond acceptors (Lipinski definition) is 5. The van der Waals surface area contributed by atoms with Crippen molar-refractivity contribution < 1.29 is 28.5 Å². The molecule has 4 rings (SSSR count). The molecule has 0 amide bonds. The zero-order valence-corrected chi connectivity index (χ0v) is 21.5. The number of aliphatic hydroxyl groups is 1. The molecule has 2 N–H and O–H groups in total. The van der Waals surface area contributed by atoms with Gasteiger partial charge in [-0.1, -0.05) is 23.7 Å². The number of halogens is 3. The molecule has 6 nitrogen and oxygen atoms in total. The average molecular weight is 533 g/mol. The van der Waals surface area contributed by atoms with Gasteiger partial charge in [-0.2, -0.15) is 0 Å². The normalized spacial score (nSPS) is 16.6. The van der Waals surface area contributed by atoms with Crippen LogP contribution in [-0.2, 0) is 11.2 Å². The van der Waals surface area contributed by atoms with Crippen molar-refractivity contribution in [2.75, 3.05) is 26.7 Å². The fraction of sp³-hybridized carbons (Fsp3) is 0.429. The molecule has 2 heterocycles. The van der Waals surface area contributed by atoms with E-state index in [1.165, 1.54) is 12.3 Å². The van der Waals surface area contributed by atoms with Crippen LogP contribution in [0.5, 0.6) is 5.75 Å². The first-order chi connectivity index (χ1) is 17.7. The van der Waals surface area contributed by atoms with Crippen LogP contribution >= 0.6 is 11.6 Å². The van der Waals surface area contributed by atoms with Crippen LogP contribution in [-0.4, -0.2) is 52.8 Å². The van der Waals surface area contributed by atoms with Crippen molar-refractivity contribution in [3.63, 3.8) is 0 Å². The third kappa shape index (κ3) is 6.03. The minimum Gasteiger partial charge on any atom is -0.497 e. The molecule has 0 saturated carbocycles. The van der Waals surface area contributed by atoms with Crippen LogP contribution < -0.4 is 4.74 Å². The summed E-state index contributed by atoms with van der Waals surface area (Å²) in [5, 5.41) is 22.2. The summed E-state index contributed by atoms with van der Waals surface area (Å²) in [7, 11) is 1.55. The van der Waals surface area contributed by atoms with Crippen LogP contribution in [0.25, 0.3) is 10.9 Å². The number of likely N-dealkylation sites (tertiary alicyclic amines) is 1. The number of fused-ring (bicyclic) bond motifs is 1. The maximum absolute atomic E-state index is 13.9. The maximum Gasteiger partial charge on any atom is 0.309 e. The highest BCUT2D eigenvalue weighted by Crippen LogP contribution is 2.41. The van der Waals surface area contributed by atoms with Gasteiger partial charge in [0.15, 0.2) is 11.6 Å². The Morgan fingerprint density at radius 1 is 1.24 bits per heavy atom. The smallest absolute Gasteiger partial charge is 0.309 e. The predicted octanol–water partition coefficient (Wildman–Crippen LogP) is 5.79. The van der Waals surface area contributed by atoms with Crippen molar-refractivity contribution in [1.82, 2.24) is 9.88 Å². The number of aliphatic carboxylic acids is 1. The number of aliphatic hydroxyl groups excluding tert-OH is 1. The molecule has 3 aromatic rings. The van der Waals surface area contributed by atoms with Gasteiger partial charge >= 0.3 is 5.97 Å². The lowest BCUT2D eigenvalue weighted by Crippen LogP contribution is -2.44. The van der Waals surface area contributed by atoms with Crippen molar-refractivity contribution in [3.05, 3.63) is 70.4 Å². The summed E-state index contributed by atoms with van der Waals surface area (Å²) in [4.78, 5) is 18.8. The summed E-state index contributed by atoms with van der Waals surface area (Å²) in [5.41, 5.74) is 0.594. The van der Waals surface area contributed by atoms with E-state index in [-0.39, 0.29) is 6.42 Å². The van der Waals surface area contributed by atoms with Gasteiger partial charge in [-0.05, 0) is 88.0 Å². The zero-order valence-electron chi connectivity index (χ0n) is 20.7. The summed E-state index contributed by atoms with van der Waals surface area (Å²) in [6.07, 6.45) is 3.04. The number of hydrogen-bond donors (Lipinski definition) is 2. The monoisotopic (exact) mass is 532 g/mol. The Balaban J connectivity index is 1.37. The topological polar surface area (TPSA) is 82.9 Å². The number of ether oxygens (including phenoxy) is 1. The van der Waals surface area contributed by atoms with Crippen molar-refractivity contribution in [2.45, 2.75) is 44.6 Å². The van der Waals surface area contributed by atoms with Crippen LogP contribution in [0.2, 0.25) is 5.02 Å². The van der Waals surface area contributed by atoms with E-state index in [2.05, 4.69) is 9.88 Å². The van der Waals surface area contributed by atoms with Gasteiger partial charge in [0.25, 0.3) is 0 Å². The molecule has 2 aromatic carbocycles. The molecular formula is C28H31ClF2N2O4. The summed E-state index contributed by atoms with van der Waals surface area (Å²) in [6, 6.07) is 9.54. The average Bonchev–Trinajstić information content (AvgIpc) is 2.90. The van der Waals surface area contributed by atoms with Crippen molar-refractivity contribution in [2.24, 2.45) is 5.41 Å². The lowest BCUT2D eigenvalue weighted by molar-refractivity contribution is -0.153. The number of pyridine rings is 1. The first-order valence-corrected chi connectivity index (χ1v) is 12.8.